The third-order valence-corrected chi connectivity index (χ3v) is 3.99. The number of nitrogens with one attached hydrogen (secondary N) is 1. The maximum Gasteiger partial charge on any atom is 0.254 e. The number of rotatable bonds is 6. The maximum absolute atomic E-state index is 14.3. The van der Waals surface area contributed by atoms with Crippen molar-refractivity contribution in [2.75, 3.05) is 6.54 Å². The Morgan fingerprint density at radius 3 is 2.88 bits per heavy atom. The van der Waals surface area contributed by atoms with Gasteiger partial charge in [-0.15, -0.1) is 0 Å². The summed E-state index contributed by atoms with van der Waals surface area (Å²) >= 11 is 6.07. The highest BCUT2D eigenvalue weighted by molar-refractivity contribution is 6.33. The number of hydrogen-bond donors (Lipinski definition) is 1. The van der Waals surface area contributed by atoms with E-state index >= 15 is 0 Å². The summed E-state index contributed by atoms with van der Waals surface area (Å²) in [4.78, 5) is 20.2. The van der Waals surface area contributed by atoms with Gasteiger partial charge in [0.2, 0.25) is 0 Å². The van der Waals surface area contributed by atoms with Crippen LogP contribution >= 0.6 is 11.6 Å². The van der Waals surface area contributed by atoms with Crippen LogP contribution in [0.25, 0.3) is 11.3 Å². The molecule has 1 aromatic carbocycles. The number of nitrogens with zero attached hydrogens (tertiary/aromatic N) is 3. The molecule has 1 amide bonds. The number of pyridine rings is 1. The van der Waals surface area contributed by atoms with Crippen LogP contribution in [0.15, 0.2) is 55.2 Å². The van der Waals surface area contributed by atoms with Crippen molar-refractivity contribution in [2.24, 2.45) is 0 Å². The van der Waals surface area contributed by atoms with Crippen LogP contribution in [-0.2, 0) is 6.54 Å². The Hall–Kier alpha value is -2.73. The Morgan fingerprint density at radius 2 is 2.16 bits per heavy atom. The lowest BCUT2D eigenvalue weighted by atomic mass is 10.1. The van der Waals surface area contributed by atoms with Gasteiger partial charge in [-0.3, -0.25) is 9.78 Å². The lowest BCUT2D eigenvalue weighted by Gasteiger charge is -2.08. The molecule has 0 bridgehead atoms. The molecule has 0 aliphatic rings. The standard InChI is InChI=1S/C18H16ClFN4O/c19-15-3-1-6-22-17(15)13-4-5-14(16(20)11-13)18(25)23-7-2-9-24-10-8-21-12-24/h1,3-6,8,10-12H,2,7,9H2,(H,23,25). The molecular formula is C18H16ClFN4O. The van der Waals surface area contributed by atoms with Gasteiger partial charge in [0.1, 0.15) is 5.82 Å². The Bertz CT molecular complexity index is 867. The third-order valence-electron chi connectivity index (χ3n) is 3.68. The molecule has 0 unspecified atom stereocenters. The fourth-order valence-electron chi connectivity index (χ4n) is 2.42. The minimum Gasteiger partial charge on any atom is -0.352 e. The van der Waals surface area contributed by atoms with Crippen LogP contribution < -0.4 is 5.32 Å². The summed E-state index contributed by atoms with van der Waals surface area (Å²) in [6, 6.07) is 7.74. The molecule has 0 atom stereocenters. The smallest absolute Gasteiger partial charge is 0.254 e. The number of carbonyl (C=O) groups excluding carboxylic acids is 1. The van der Waals surface area contributed by atoms with E-state index < -0.39 is 11.7 Å². The summed E-state index contributed by atoms with van der Waals surface area (Å²) in [5.41, 5.74) is 1.01. The zero-order valence-corrected chi connectivity index (χ0v) is 14.1. The second-order valence-corrected chi connectivity index (χ2v) is 5.85. The Balaban J connectivity index is 1.62. The molecule has 25 heavy (non-hydrogen) atoms. The molecule has 3 aromatic rings. The van der Waals surface area contributed by atoms with Gasteiger partial charge in [0.25, 0.3) is 5.91 Å². The van der Waals surface area contributed by atoms with Gasteiger partial charge in [0.05, 0.1) is 22.6 Å². The fourth-order valence-corrected chi connectivity index (χ4v) is 2.65. The minimum atomic E-state index is -0.605. The molecule has 0 saturated heterocycles. The number of aromatic nitrogens is 3. The quantitative estimate of drug-likeness (QED) is 0.685. The monoisotopic (exact) mass is 358 g/mol. The van der Waals surface area contributed by atoms with Crippen LogP contribution in [0.4, 0.5) is 4.39 Å². The van der Waals surface area contributed by atoms with Crippen LogP contribution in [0.5, 0.6) is 0 Å². The zero-order valence-electron chi connectivity index (χ0n) is 13.3. The predicted molar refractivity (Wildman–Crippen MR) is 93.8 cm³/mol. The van der Waals surface area contributed by atoms with E-state index in [1.54, 1.807) is 36.9 Å². The van der Waals surface area contributed by atoms with Crippen molar-refractivity contribution in [2.45, 2.75) is 13.0 Å². The van der Waals surface area contributed by atoms with Gasteiger partial charge in [-0.1, -0.05) is 17.7 Å². The Kier molecular flexibility index (Phi) is 5.40. The van der Waals surface area contributed by atoms with Gasteiger partial charge in [0, 0.05) is 37.2 Å². The number of hydrogen-bond acceptors (Lipinski definition) is 3. The lowest BCUT2D eigenvalue weighted by Crippen LogP contribution is -2.26. The zero-order chi connectivity index (χ0) is 17.6. The molecular weight excluding hydrogens is 343 g/mol. The van der Waals surface area contributed by atoms with Crippen molar-refractivity contribution < 1.29 is 9.18 Å². The van der Waals surface area contributed by atoms with Crippen molar-refractivity contribution in [3.05, 3.63) is 71.7 Å². The summed E-state index contributed by atoms with van der Waals surface area (Å²) in [6.45, 7) is 1.18. The first kappa shape index (κ1) is 17.1. The average Bonchev–Trinajstić information content (AvgIpc) is 3.12. The van der Waals surface area contributed by atoms with Gasteiger partial charge in [-0.05, 0) is 30.7 Å². The molecule has 1 N–H and O–H groups in total. The molecule has 0 aliphatic carbocycles. The SMILES string of the molecule is O=C(NCCCn1ccnc1)c1ccc(-c2ncccc2Cl)cc1F. The summed E-state index contributed by atoms with van der Waals surface area (Å²) in [7, 11) is 0. The van der Waals surface area contributed by atoms with Crippen LogP contribution in [0.1, 0.15) is 16.8 Å². The van der Waals surface area contributed by atoms with E-state index in [9.17, 15) is 9.18 Å². The van der Waals surface area contributed by atoms with E-state index in [1.807, 2.05) is 10.8 Å². The van der Waals surface area contributed by atoms with Crippen LogP contribution in [0.2, 0.25) is 5.02 Å². The number of imidazole rings is 1. The molecule has 7 heteroatoms. The minimum absolute atomic E-state index is 0.00145. The molecule has 2 heterocycles. The molecule has 0 spiro atoms. The molecule has 0 radical (unpaired) electrons. The molecule has 0 fully saturated rings. The first-order chi connectivity index (χ1) is 12.1. The largest absolute Gasteiger partial charge is 0.352 e. The Labute approximate surface area is 149 Å². The summed E-state index contributed by atoms with van der Waals surface area (Å²) in [5, 5.41) is 3.15. The third kappa shape index (κ3) is 4.22. The molecule has 128 valence electrons. The van der Waals surface area contributed by atoms with Gasteiger partial charge in [-0.2, -0.15) is 0 Å². The van der Waals surface area contributed by atoms with E-state index in [0.29, 0.717) is 22.8 Å². The van der Waals surface area contributed by atoms with E-state index in [-0.39, 0.29) is 5.56 Å². The molecule has 2 aromatic heterocycles. The maximum atomic E-state index is 14.3. The van der Waals surface area contributed by atoms with E-state index in [1.165, 1.54) is 12.1 Å². The first-order valence-electron chi connectivity index (χ1n) is 7.79. The number of benzene rings is 1. The van der Waals surface area contributed by atoms with Gasteiger partial charge >= 0.3 is 0 Å². The van der Waals surface area contributed by atoms with Crippen molar-refractivity contribution in [3.8, 4) is 11.3 Å². The van der Waals surface area contributed by atoms with Crippen molar-refractivity contribution in [1.29, 1.82) is 0 Å². The van der Waals surface area contributed by atoms with Crippen molar-refractivity contribution in [3.63, 3.8) is 0 Å². The highest BCUT2D eigenvalue weighted by atomic mass is 35.5. The van der Waals surface area contributed by atoms with Crippen LogP contribution in [0, 0.1) is 5.82 Å². The highest BCUT2D eigenvalue weighted by Gasteiger charge is 2.14. The van der Waals surface area contributed by atoms with E-state index in [2.05, 4.69) is 15.3 Å². The Morgan fingerprint density at radius 1 is 1.28 bits per heavy atom. The summed E-state index contributed by atoms with van der Waals surface area (Å²) < 4.78 is 16.2. The average molecular weight is 359 g/mol. The second kappa shape index (κ2) is 7.90. The number of halogens is 2. The van der Waals surface area contributed by atoms with Crippen molar-refractivity contribution in [1.82, 2.24) is 19.9 Å². The van der Waals surface area contributed by atoms with Gasteiger partial charge in [-0.25, -0.2) is 9.37 Å². The molecule has 5 nitrogen and oxygen atoms in total. The first-order valence-corrected chi connectivity index (χ1v) is 8.17. The van der Waals surface area contributed by atoms with Gasteiger partial charge in [0.15, 0.2) is 0 Å². The number of amides is 1. The lowest BCUT2D eigenvalue weighted by molar-refractivity contribution is 0.0948. The summed E-state index contributed by atoms with van der Waals surface area (Å²) in [5.74, 6) is -1.05. The highest BCUT2D eigenvalue weighted by Crippen LogP contribution is 2.26. The predicted octanol–water partition coefficient (Wildman–Crippen LogP) is 3.56. The normalized spacial score (nSPS) is 10.6. The van der Waals surface area contributed by atoms with Crippen LogP contribution in [-0.4, -0.2) is 27.0 Å². The van der Waals surface area contributed by atoms with E-state index in [0.717, 1.165) is 13.0 Å². The number of carbonyl (C=O) groups is 1. The van der Waals surface area contributed by atoms with E-state index in [4.69, 9.17) is 11.6 Å². The van der Waals surface area contributed by atoms with Gasteiger partial charge < -0.3 is 9.88 Å². The van der Waals surface area contributed by atoms with Crippen LogP contribution in [0.3, 0.4) is 0 Å². The fraction of sp³-hybridized carbons (Fsp3) is 0.167. The van der Waals surface area contributed by atoms with Crippen molar-refractivity contribution >= 4 is 17.5 Å². The molecule has 0 aliphatic heterocycles. The summed E-state index contributed by atoms with van der Waals surface area (Å²) in [6.07, 6.45) is 7.57. The molecule has 0 saturated carbocycles. The topological polar surface area (TPSA) is 59.8 Å². The molecule has 3 rings (SSSR count). The number of aryl methyl sites for hydroxylation is 1. The second-order valence-electron chi connectivity index (χ2n) is 5.44.